The van der Waals surface area contributed by atoms with Gasteiger partial charge in [0, 0.05) is 51.9 Å². The molecule has 1 aromatic rings. The zero-order chi connectivity index (χ0) is 18.9. The first-order chi connectivity index (χ1) is 12.5. The number of methoxy groups -OCH3 is 1. The van der Waals surface area contributed by atoms with E-state index in [0.29, 0.717) is 24.6 Å². The monoisotopic (exact) mass is 362 g/mol. The van der Waals surface area contributed by atoms with E-state index in [-0.39, 0.29) is 5.75 Å². The summed E-state index contributed by atoms with van der Waals surface area (Å²) in [6, 6.07) is 5.43. The number of ether oxygens (including phenoxy) is 1. The van der Waals surface area contributed by atoms with Crippen molar-refractivity contribution in [1.82, 2.24) is 15.1 Å². The minimum Gasteiger partial charge on any atom is -0.508 e. The number of aromatic hydroxyl groups is 1. The quantitative estimate of drug-likeness (QED) is 0.575. The van der Waals surface area contributed by atoms with Gasteiger partial charge in [-0.15, -0.1) is 0 Å². The molecule has 1 heterocycles. The Kier molecular flexibility index (Phi) is 8.04. The molecule has 0 spiro atoms. The fourth-order valence-corrected chi connectivity index (χ4v) is 3.25. The van der Waals surface area contributed by atoms with E-state index in [1.54, 1.807) is 13.2 Å². The minimum absolute atomic E-state index is 0.270. The van der Waals surface area contributed by atoms with Gasteiger partial charge in [-0.2, -0.15) is 0 Å². The lowest BCUT2D eigenvalue weighted by Crippen LogP contribution is -2.53. The molecular weight excluding hydrogens is 328 g/mol. The molecule has 0 radical (unpaired) electrons. The van der Waals surface area contributed by atoms with E-state index >= 15 is 0 Å². The third-order valence-corrected chi connectivity index (χ3v) is 4.57. The van der Waals surface area contributed by atoms with Crippen molar-refractivity contribution >= 4 is 5.96 Å². The average molecular weight is 363 g/mol. The van der Waals surface area contributed by atoms with Crippen LogP contribution in [0.25, 0.3) is 0 Å². The summed E-state index contributed by atoms with van der Waals surface area (Å²) in [7, 11) is 1.60. The third-order valence-electron chi connectivity index (χ3n) is 4.57. The highest BCUT2D eigenvalue weighted by Crippen LogP contribution is 2.23. The standard InChI is InChI=1S/C20H34N4O2/c1-5-21-20(24-12-10-23(11-13-24)15-16(2)3)22-9-8-17-6-7-18(26-4)14-19(17)25/h6-7,14,16,25H,5,8-13,15H2,1-4H3,(H,21,22). The van der Waals surface area contributed by atoms with Gasteiger partial charge in [-0.05, 0) is 30.9 Å². The van der Waals surface area contributed by atoms with Crippen LogP contribution in [0.1, 0.15) is 26.3 Å². The number of aliphatic imine (C=N–C) groups is 1. The molecule has 6 heteroatoms. The lowest BCUT2D eigenvalue weighted by molar-refractivity contribution is 0.164. The topological polar surface area (TPSA) is 60.3 Å². The second-order valence-electron chi connectivity index (χ2n) is 7.16. The van der Waals surface area contributed by atoms with Gasteiger partial charge in [-0.1, -0.05) is 19.9 Å². The second kappa shape index (κ2) is 10.3. The van der Waals surface area contributed by atoms with Gasteiger partial charge in [0.05, 0.1) is 7.11 Å². The summed E-state index contributed by atoms with van der Waals surface area (Å²) in [5.41, 5.74) is 0.896. The number of nitrogens with one attached hydrogen (secondary N) is 1. The van der Waals surface area contributed by atoms with Crippen molar-refractivity contribution in [3.63, 3.8) is 0 Å². The Hall–Kier alpha value is -1.95. The molecule has 0 aliphatic carbocycles. The van der Waals surface area contributed by atoms with Crippen LogP contribution in [0.2, 0.25) is 0 Å². The first-order valence-electron chi connectivity index (χ1n) is 9.65. The predicted molar refractivity (Wildman–Crippen MR) is 107 cm³/mol. The van der Waals surface area contributed by atoms with E-state index in [9.17, 15) is 5.11 Å². The molecule has 0 aromatic heterocycles. The summed E-state index contributed by atoms with van der Waals surface area (Å²) in [5, 5.41) is 13.5. The molecular formula is C20H34N4O2. The molecule has 1 saturated heterocycles. The van der Waals surface area contributed by atoms with Gasteiger partial charge >= 0.3 is 0 Å². The van der Waals surface area contributed by atoms with Crippen LogP contribution in [-0.4, -0.2) is 73.8 Å². The molecule has 26 heavy (non-hydrogen) atoms. The smallest absolute Gasteiger partial charge is 0.194 e. The lowest BCUT2D eigenvalue weighted by atomic mass is 10.1. The second-order valence-corrected chi connectivity index (χ2v) is 7.16. The van der Waals surface area contributed by atoms with Crippen molar-refractivity contribution in [2.24, 2.45) is 10.9 Å². The predicted octanol–water partition coefficient (Wildman–Crippen LogP) is 2.18. The molecule has 1 fully saturated rings. The van der Waals surface area contributed by atoms with Crippen LogP contribution < -0.4 is 10.1 Å². The Bertz CT molecular complexity index is 581. The summed E-state index contributed by atoms with van der Waals surface area (Å²) >= 11 is 0. The summed E-state index contributed by atoms with van der Waals surface area (Å²) in [5.74, 6) is 2.62. The number of nitrogens with zero attached hydrogens (tertiary/aromatic N) is 3. The number of rotatable bonds is 7. The van der Waals surface area contributed by atoms with E-state index in [0.717, 1.165) is 50.8 Å². The number of guanidine groups is 1. The summed E-state index contributed by atoms with van der Waals surface area (Å²) in [4.78, 5) is 9.64. The Morgan fingerprint density at radius 1 is 1.27 bits per heavy atom. The van der Waals surface area contributed by atoms with E-state index in [4.69, 9.17) is 9.73 Å². The number of benzene rings is 1. The van der Waals surface area contributed by atoms with E-state index in [2.05, 4.69) is 35.9 Å². The number of hydrogen-bond donors (Lipinski definition) is 2. The van der Waals surface area contributed by atoms with E-state index in [1.165, 1.54) is 0 Å². The number of phenols is 1. The van der Waals surface area contributed by atoms with Gasteiger partial charge in [-0.3, -0.25) is 9.89 Å². The highest BCUT2D eigenvalue weighted by atomic mass is 16.5. The fourth-order valence-electron chi connectivity index (χ4n) is 3.25. The Morgan fingerprint density at radius 2 is 2.00 bits per heavy atom. The summed E-state index contributed by atoms with van der Waals surface area (Å²) in [6.45, 7) is 13.5. The molecule has 0 unspecified atom stereocenters. The Balaban J connectivity index is 1.90. The first-order valence-corrected chi connectivity index (χ1v) is 9.65. The highest BCUT2D eigenvalue weighted by molar-refractivity contribution is 5.80. The third kappa shape index (κ3) is 6.09. The fraction of sp³-hybridized carbons (Fsp3) is 0.650. The summed E-state index contributed by atoms with van der Waals surface area (Å²) < 4.78 is 5.13. The molecule has 1 aromatic carbocycles. The first kappa shape index (κ1) is 20.4. The van der Waals surface area contributed by atoms with Crippen LogP contribution in [0.5, 0.6) is 11.5 Å². The van der Waals surface area contributed by atoms with Crippen LogP contribution >= 0.6 is 0 Å². The van der Waals surface area contributed by atoms with Gasteiger partial charge < -0.3 is 20.1 Å². The molecule has 2 rings (SSSR count). The van der Waals surface area contributed by atoms with E-state index < -0.39 is 0 Å². The van der Waals surface area contributed by atoms with Crippen molar-refractivity contribution in [3.8, 4) is 11.5 Å². The Labute approximate surface area is 157 Å². The van der Waals surface area contributed by atoms with Gasteiger partial charge in [0.1, 0.15) is 11.5 Å². The maximum Gasteiger partial charge on any atom is 0.194 e. The maximum atomic E-state index is 10.1. The van der Waals surface area contributed by atoms with Crippen molar-refractivity contribution < 1.29 is 9.84 Å². The number of phenolic OH excluding ortho intramolecular Hbond substituents is 1. The minimum atomic E-state index is 0.270. The molecule has 6 nitrogen and oxygen atoms in total. The van der Waals surface area contributed by atoms with Gasteiger partial charge in [0.15, 0.2) is 5.96 Å². The molecule has 0 amide bonds. The maximum absolute atomic E-state index is 10.1. The molecule has 146 valence electrons. The Morgan fingerprint density at radius 3 is 2.58 bits per heavy atom. The summed E-state index contributed by atoms with van der Waals surface area (Å²) in [6.07, 6.45) is 0.706. The van der Waals surface area contributed by atoms with Crippen molar-refractivity contribution in [3.05, 3.63) is 23.8 Å². The zero-order valence-electron chi connectivity index (χ0n) is 16.7. The van der Waals surface area contributed by atoms with Crippen molar-refractivity contribution in [2.75, 3.05) is 52.9 Å². The number of hydrogen-bond acceptors (Lipinski definition) is 4. The van der Waals surface area contributed by atoms with Gasteiger partial charge in [0.2, 0.25) is 0 Å². The normalized spacial score (nSPS) is 16.2. The van der Waals surface area contributed by atoms with Gasteiger partial charge in [0.25, 0.3) is 0 Å². The van der Waals surface area contributed by atoms with Crippen LogP contribution in [-0.2, 0) is 6.42 Å². The highest BCUT2D eigenvalue weighted by Gasteiger charge is 2.19. The molecule has 1 aliphatic heterocycles. The van der Waals surface area contributed by atoms with Crippen molar-refractivity contribution in [1.29, 1.82) is 0 Å². The van der Waals surface area contributed by atoms with Crippen LogP contribution in [0.15, 0.2) is 23.2 Å². The zero-order valence-corrected chi connectivity index (χ0v) is 16.7. The molecule has 0 saturated carbocycles. The van der Waals surface area contributed by atoms with Gasteiger partial charge in [-0.25, -0.2) is 0 Å². The van der Waals surface area contributed by atoms with Crippen LogP contribution in [0, 0.1) is 5.92 Å². The largest absolute Gasteiger partial charge is 0.508 e. The average Bonchev–Trinajstić information content (AvgIpc) is 2.62. The molecule has 1 aliphatic rings. The van der Waals surface area contributed by atoms with E-state index in [1.807, 2.05) is 12.1 Å². The van der Waals surface area contributed by atoms with Crippen LogP contribution in [0.4, 0.5) is 0 Å². The lowest BCUT2D eigenvalue weighted by Gasteiger charge is -2.37. The molecule has 2 N–H and O–H groups in total. The van der Waals surface area contributed by atoms with Crippen LogP contribution in [0.3, 0.4) is 0 Å². The number of piperazine rings is 1. The molecule has 0 atom stereocenters. The van der Waals surface area contributed by atoms with Crippen molar-refractivity contribution in [2.45, 2.75) is 27.2 Å². The SMILES string of the molecule is CCNC(=NCCc1ccc(OC)cc1O)N1CCN(CC(C)C)CC1. The molecule has 0 bridgehead atoms.